The molecule has 1 N–H and O–H groups in total. The van der Waals surface area contributed by atoms with Crippen LogP contribution in [0.25, 0.3) is 0 Å². The molecule has 1 saturated carbocycles. The first kappa shape index (κ1) is 20.7. The Kier molecular flexibility index (Phi) is 7.86. The molecular formula is C20H24BrClN4. The van der Waals surface area contributed by atoms with E-state index >= 15 is 0 Å². The van der Waals surface area contributed by atoms with Crippen molar-refractivity contribution < 1.29 is 21.5 Å². The van der Waals surface area contributed by atoms with Gasteiger partial charge >= 0.3 is 0 Å². The number of benzene rings is 1. The molecule has 1 aliphatic carbocycles. The summed E-state index contributed by atoms with van der Waals surface area (Å²) in [7, 11) is 0. The van der Waals surface area contributed by atoms with Crippen LogP contribution in [0.5, 0.6) is 0 Å². The zero-order valence-corrected chi connectivity index (χ0v) is 17.3. The first-order valence-corrected chi connectivity index (χ1v) is 9.36. The van der Waals surface area contributed by atoms with Gasteiger partial charge in [0.1, 0.15) is 11.8 Å². The summed E-state index contributed by atoms with van der Waals surface area (Å²) in [5.41, 5.74) is 2.40. The van der Waals surface area contributed by atoms with Crippen LogP contribution in [-0.2, 0) is 13.0 Å². The van der Waals surface area contributed by atoms with Gasteiger partial charge in [-0.15, -0.1) is 0 Å². The summed E-state index contributed by atoms with van der Waals surface area (Å²) < 4.78 is 1.82. The maximum absolute atomic E-state index is 8.92. The molecule has 1 heterocycles. The largest absolute Gasteiger partial charge is 1.00 e. The predicted octanol–water partition coefficient (Wildman–Crippen LogP) is 1.25. The van der Waals surface area contributed by atoms with Gasteiger partial charge in [0.15, 0.2) is 11.6 Å². The Bertz CT molecular complexity index is 752. The lowest BCUT2D eigenvalue weighted by atomic mass is 9.82. The van der Waals surface area contributed by atoms with Crippen LogP contribution in [0.15, 0.2) is 36.7 Å². The van der Waals surface area contributed by atoms with Gasteiger partial charge in [0.25, 0.3) is 12.1 Å². The number of anilines is 1. The maximum Gasteiger partial charge on any atom is 0.289 e. The van der Waals surface area contributed by atoms with Gasteiger partial charge < -0.3 is 22.3 Å². The summed E-state index contributed by atoms with van der Waals surface area (Å²) in [6.45, 7) is 2.32. The minimum Gasteiger partial charge on any atom is -1.00 e. The van der Waals surface area contributed by atoms with Gasteiger partial charge in [0.05, 0.1) is 0 Å². The Hall–Kier alpha value is -1.64. The molecule has 1 aromatic heterocycles. The first-order chi connectivity index (χ1) is 12.2. The zero-order valence-electron chi connectivity index (χ0n) is 15.0. The second-order valence-corrected chi connectivity index (χ2v) is 6.97. The van der Waals surface area contributed by atoms with E-state index in [0.29, 0.717) is 17.0 Å². The molecule has 6 heteroatoms. The van der Waals surface area contributed by atoms with Gasteiger partial charge in [-0.1, -0.05) is 48.9 Å². The second-order valence-electron chi connectivity index (χ2n) is 6.60. The molecule has 0 radical (unpaired) electrons. The monoisotopic (exact) mass is 434 g/mol. The Morgan fingerprint density at radius 1 is 1.23 bits per heavy atom. The van der Waals surface area contributed by atoms with Crippen LogP contribution in [0, 0.1) is 11.3 Å². The van der Waals surface area contributed by atoms with E-state index in [0.717, 1.165) is 30.8 Å². The van der Waals surface area contributed by atoms with Crippen molar-refractivity contribution in [3.8, 4) is 6.07 Å². The van der Waals surface area contributed by atoms with Gasteiger partial charge in [-0.25, -0.2) is 4.57 Å². The number of nitriles is 1. The summed E-state index contributed by atoms with van der Waals surface area (Å²) in [5, 5.41) is 13.1. The molecule has 3 rings (SSSR count). The fourth-order valence-corrected chi connectivity index (χ4v) is 4.02. The topological polar surface area (TPSA) is 52.6 Å². The fourth-order valence-electron chi connectivity index (χ4n) is 3.68. The molecule has 0 spiro atoms. The summed E-state index contributed by atoms with van der Waals surface area (Å²) in [5.74, 6) is 1.40. The number of hydrogen-bond donors (Lipinski definition) is 1. The smallest absolute Gasteiger partial charge is 0.289 e. The SMILES string of the molecule is CCc1c(Cl)c(NC2CCC(c3ccccc3)CC2)nc[n+]1CC#N.[Br-]. The van der Waals surface area contributed by atoms with Crippen LogP contribution < -0.4 is 26.9 Å². The van der Waals surface area contributed by atoms with Gasteiger partial charge in [-0.3, -0.25) is 0 Å². The van der Waals surface area contributed by atoms with Crippen molar-refractivity contribution >= 4 is 17.4 Å². The van der Waals surface area contributed by atoms with Crippen molar-refractivity contribution in [2.45, 2.75) is 57.5 Å². The number of rotatable bonds is 5. The summed E-state index contributed by atoms with van der Waals surface area (Å²) in [6.07, 6.45) is 7.09. The standard InChI is InChI=1S/C20H23ClN4.BrH/c1-2-18-19(21)20(23-14-25(18)13-12-22)24-17-10-8-16(9-11-17)15-6-4-3-5-7-15;/h3-7,14,16-17H,2,8-11,13H2,1H3;1H. The van der Waals surface area contributed by atoms with Crippen LogP contribution in [0.4, 0.5) is 5.82 Å². The Labute approximate surface area is 171 Å². The molecule has 0 unspecified atom stereocenters. The van der Waals surface area contributed by atoms with Gasteiger partial charge in [0, 0.05) is 12.5 Å². The third kappa shape index (κ3) is 4.75. The number of nitrogens with one attached hydrogen (secondary N) is 1. The molecule has 0 bridgehead atoms. The Morgan fingerprint density at radius 3 is 2.54 bits per heavy atom. The van der Waals surface area contributed by atoms with E-state index in [1.54, 1.807) is 6.33 Å². The van der Waals surface area contributed by atoms with Crippen molar-refractivity contribution in [2.24, 2.45) is 0 Å². The molecule has 0 amide bonds. The van der Waals surface area contributed by atoms with E-state index in [9.17, 15) is 0 Å². The van der Waals surface area contributed by atoms with Gasteiger partial charge in [-0.2, -0.15) is 5.26 Å². The minimum atomic E-state index is 0. The molecule has 0 atom stereocenters. The van der Waals surface area contributed by atoms with E-state index in [1.165, 1.54) is 18.4 Å². The normalized spacial score (nSPS) is 19.3. The number of halogens is 2. The minimum absolute atomic E-state index is 0. The van der Waals surface area contributed by atoms with Crippen molar-refractivity contribution in [3.63, 3.8) is 0 Å². The third-order valence-electron chi connectivity index (χ3n) is 5.05. The highest BCUT2D eigenvalue weighted by atomic mass is 79.9. The Morgan fingerprint density at radius 2 is 1.92 bits per heavy atom. The van der Waals surface area contributed by atoms with E-state index in [4.69, 9.17) is 16.9 Å². The lowest BCUT2D eigenvalue weighted by molar-refractivity contribution is -0.695. The van der Waals surface area contributed by atoms with Crippen molar-refractivity contribution in [3.05, 3.63) is 52.9 Å². The summed E-state index contributed by atoms with van der Waals surface area (Å²) >= 11 is 6.54. The average Bonchev–Trinajstić information content (AvgIpc) is 2.66. The van der Waals surface area contributed by atoms with Crippen LogP contribution in [0.1, 0.15) is 49.8 Å². The highest BCUT2D eigenvalue weighted by Gasteiger charge is 2.25. The number of aromatic nitrogens is 2. The van der Waals surface area contributed by atoms with Crippen LogP contribution in [0.3, 0.4) is 0 Å². The molecule has 2 aromatic rings. The summed E-state index contributed by atoms with van der Waals surface area (Å²) in [4.78, 5) is 4.45. The first-order valence-electron chi connectivity index (χ1n) is 8.98. The molecule has 1 fully saturated rings. The molecular weight excluding hydrogens is 412 g/mol. The van der Waals surface area contributed by atoms with E-state index in [1.807, 2.05) is 11.5 Å². The number of nitrogens with zero attached hydrogens (tertiary/aromatic N) is 3. The van der Waals surface area contributed by atoms with Gasteiger partial charge in [0.2, 0.25) is 0 Å². The quantitative estimate of drug-likeness (QED) is 0.719. The molecule has 138 valence electrons. The molecule has 4 nitrogen and oxygen atoms in total. The van der Waals surface area contributed by atoms with Crippen LogP contribution in [-0.4, -0.2) is 11.0 Å². The fraction of sp³-hybridized carbons (Fsp3) is 0.450. The average molecular weight is 436 g/mol. The molecule has 0 aliphatic heterocycles. The third-order valence-corrected chi connectivity index (χ3v) is 5.45. The highest BCUT2D eigenvalue weighted by Crippen LogP contribution is 2.34. The zero-order chi connectivity index (χ0) is 17.6. The molecule has 0 saturated heterocycles. The maximum atomic E-state index is 8.92. The van der Waals surface area contributed by atoms with E-state index in [-0.39, 0.29) is 23.5 Å². The number of hydrogen-bond acceptors (Lipinski definition) is 3. The van der Waals surface area contributed by atoms with Crippen molar-refractivity contribution in [2.75, 3.05) is 5.32 Å². The molecule has 1 aliphatic rings. The van der Waals surface area contributed by atoms with Crippen molar-refractivity contribution in [1.29, 1.82) is 5.26 Å². The summed E-state index contributed by atoms with van der Waals surface area (Å²) in [6, 6.07) is 13.3. The Balaban J connectivity index is 0.00000243. The lowest BCUT2D eigenvalue weighted by Crippen LogP contribution is -3.00. The highest BCUT2D eigenvalue weighted by molar-refractivity contribution is 6.33. The molecule has 1 aromatic carbocycles. The van der Waals surface area contributed by atoms with Gasteiger partial charge in [-0.05, 0) is 42.1 Å². The van der Waals surface area contributed by atoms with Crippen molar-refractivity contribution in [1.82, 2.24) is 4.98 Å². The second kappa shape index (κ2) is 9.89. The van der Waals surface area contributed by atoms with Crippen LogP contribution in [0.2, 0.25) is 5.02 Å². The molecule has 26 heavy (non-hydrogen) atoms. The van der Waals surface area contributed by atoms with Crippen LogP contribution >= 0.6 is 11.6 Å². The van der Waals surface area contributed by atoms with E-state index < -0.39 is 0 Å². The predicted molar refractivity (Wildman–Crippen MR) is 99.5 cm³/mol. The lowest BCUT2D eigenvalue weighted by Gasteiger charge is -2.29. The van der Waals surface area contributed by atoms with E-state index in [2.05, 4.69) is 46.7 Å².